The second kappa shape index (κ2) is 5.53. The molecule has 5 heteroatoms. The number of rotatable bonds is 1. The molecule has 3 rings (SSSR count). The smallest absolute Gasteiger partial charge is 0.263 e. The number of aromatic nitrogens is 1. The van der Waals surface area contributed by atoms with Crippen LogP contribution in [0.15, 0.2) is 22.7 Å². The van der Waals surface area contributed by atoms with Gasteiger partial charge in [-0.25, -0.2) is 0 Å². The Morgan fingerprint density at radius 2 is 2.14 bits per heavy atom. The van der Waals surface area contributed by atoms with Crippen molar-refractivity contribution in [3.05, 3.63) is 45.8 Å². The number of carbonyl (C=O) groups excluding carboxylic acids is 1. The highest BCUT2D eigenvalue weighted by atomic mass is 35.5. The summed E-state index contributed by atoms with van der Waals surface area (Å²) < 4.78 is 5.13. The molecule has 1 amide bonds. The van der Waals surface area contributed by atoms with Gasteiger partial charge < -0.3 is 9.42 Å². The van der Waals surface area contributed by atoms with Crippen LogP contribution in [0.5, 0.6) is 0 Å². The summed E-state index contributed by atoms with van der Waals surface area (Å²) in [4.78, 5) is 14.7. The van der Waals surface area contributed by atoms with E-state index in [1.54, 1.807) is 13.8 Å². The highest BCUT2D eigenvalue weighted by Crippen LogP contribution is 2.31. The van der Waals surface area contributed by atoms with Gasteiger partial charge in [0.15, 0.2) is 0 Å². The van der Waals surface area contributed by atoms with Gasteiger partial charge in [0.05, 0.1) is 5.69 Å². The first-order chi connectivity index (χ1) is 10.1. The summed E-state index contributed by atoms with van der Waals surface area (Å²) in [5.74, 6) is 0.522. The van der Waals surface area contributed by atoms with Crippen LogP contribution in [-0.4, -0.2) is 17.6 Å². The molecule has 0 aliphatic carbocycles. The monoisotopic (exact) mass is 304 g/mol. The number of fused-ring (bicyclic) bond motifs is 1. The Kier molecular flexibility index (Phi) is 3.72. The van der Waals surface area contributed by atoms with Crippen molar-refractivity contribution in [2.24, 2.45) is 0 Å². The van der Waals surface area contributed by atoms with E-state index in [0.29, 0.717) is 28.6 Å². The van der Waals surface area contributed by atoms with Crippen molar-refractivity contribution in [1.29, 1.82) is 0 Å². The molecular weight excluding hydrogens is 288 g/mol. The maximum Gasteiger partial charge on any atom is 0.263 e. The van der Waals surface area contributed by atoms with Crippen LogP contribution >= 0.6 is 11.6 Å². The summed E-state index contributed by atoms with van der Waals surface area (Å²) in [7, 11) is 0. The van der Waals surface area contributed by atoms with E-state index in [9.17, 15) is 4.79 Å². The molecule has 21 heavy (non-hydrogen) atoms. The van der Waals surface area contributed by atoms with Crippen LogP contribution in [-0.2, 0) is 6.42 Å². The summed E-state index contributed by atoms with van der Waals surface area (Å²) in [5, 5.41) is 4.59. The molecule has 0 spiro atoms. The quantitative estimate of drug-likeness (QED) is 0.802. The average Bonchev–Trinajstić information content (AvgIpc) is 2.68. The molecule has 1 aromatic heterocycles. The summed E-state index contributed by atoms with van der Waals surface area (Å²) >= 11 is 6.08. The number of hydrogen-bond acceptors (Lipinski definition) is 3. The molecule has 0 saturated carbocycles. The van der Waals surface area contributed by atoms with Crippen molar-refractivity contribution in [3.8, 4) is 0 Å². The first-order valence-corrected chi connectivity index (χ1v) is 7.49. The number of benzene rings is 1. The van der Waals surface area contributed by atoms with E-state index in [1.165, 1.54) is 0 Å². The van der Waals surface area contributed by atoms with E-state index in [4.69, 9.17) is 16.1 Å². The SMILES string of the molecule is Cc1noc(C)c1C(=O)N1CCCCc2cc(Cl)ccc21. The second-order valence-electron chi connectivity index (χ2n) is 5.39. The van der Waals surface area contributed by atoms with Crippen LogP contribution in [0, 0.1) is 13.8 Å². The zero-order valence-corrected chi connectivity index (χ0v) is 12.9. The molecule has 2 aromatic rings. The molecular formula is C16H17ClN2O2. The number of hydrogen-bond donors (Lipinski definition) is 0. The Morgan fingerprint density at radius 3 is 2.86 bits per heavy atom. The molecule has 1 aliphatic heterocycles. The second-order valence-corrected chi connectivity index (χ2v) is 5.82. The van der Waals surface area contributed by atoms with Crippen LogP contribution in [0.25, 0.3) is 0 Å². The number of halogens is 1. The normalized spacial score (nSPS) is 14.7. The number of amides is 1. The summed E-state index contributed by atoms with van der Waals surface area (Å²) in [6.45, 7) is 4.27. The number of nitrogens with zero attached hydrogens (tertiary/aromatic N) is 2. The highest BCUT2D eigenvalue weighted by Gasteiger charge is 2.27. The van der Waals surface area contributed by atoms with E-state index < -0.39 is 0 Å². The van der Waals surface area contributed by atoms with Gasteiger partial charge in [0.1, 0.15) is 11.3 Å². The van der Waals surface area contributed by atoms with Crippen molar-refractivity contribution in [3.63, 3.8) is 0 Å². The molecule has 0 bridgehead atoms. The standard InChI is InChI=1S/C16H17ClN2O2/c1-10-15(11(2)21-18-10)16(20)19-8-4-3-5-12-9-13(17)6-7-14(12)19/h6-7,9H,3-5,8H2,1-2H3. The van der Waals surface area contributed by atoms with Gasteiger partial charge in [0.25, 0.3) is 5.91 Å². The predicted molar refractivity (Wildman–Crippen MR) is 82.0 cm³/mol. The fourth-order valence-electron chi connectivity index (χ4n) is 2.86. The van der Waals surface area contributed by atoms with Crippen LogP contribution < -0.4 is 4.90 Å². The van der Waals surface area contributed by atoms with Crippen LogP contribution in [0.4, 0.5) is 5.69 Å². The Morgan fingerprint density at radius 1 is 1.33 bits per heavy atom. The van der Waals surface area contributed by atoms with Gasteiger partial charge in [-0.15, -0.1) is 0 Å². The van der Waals surface area contributed by atoms with Crippen molar-refractivity contribution in [1.82, 2.24) is 5.16 Å². The van der Waals surface area contributed by atoms with Gasteiger partial charge >= 0.3 is 0 Å². The first-order valence-electron chi connectivity index (χ1n) is 7.11. The predicted octanol–water partition coefficient (Wildman–Crippen LogP) is 3.93. The van der Waals surface area contributed by atoms with Crippen molar-refractivity contribution in [2.75, 3.05) is 11.4 Å². The van der Waals surface area contributed by atoms with Gasteiger partial charge in [0.2, 0.25) is 0 Å². The maximum atomic E-state index is 12.9. The van der Waals surface area contributed by atoms with Gasteiger partial charge in [0, 0.05) is 17.3 Å². The zero-order chi connectivity index (χ0) is 15.0. The third kappa shape index (κ3) is 2.56. The van der Waals surface area contributed by atoms with Gasteiger partial charge in [-0.3, -0.25) is 4.79 Å². The molecule has 0 atom stereocenters. The molecule has 0 radical (unpaired) electrons. The van der Waals surface area contributed by atoms with Gasteiger partial charge in [-0.05, 0) is 56.9 Å². The lowest BCUT2D eigenvalue weighted by molar-refractivity contribution is 0.0985. The van der Waals surface area contributed by atoms with E-state index in [1.807, 2.05) is 23.1 Å². The van der Waals surface area contributed by atoms with E-state index in [-0.39, 0.29) is 5.91 Å². The first kappa shape index (κ1) is 14.1. The van der Waals surface area contributed by atoms with Gasteiger partial charge in [-0.1, -0.05) is 16.8 Å². The summed E-state index contributed by atoms with van der Waals surface area (Å²) in [5.41, 5.74) is 3.28. The Bertz CT molecular complexity index is 674. The van der Waals surface area contributed by atoms with Gasteiger partial charge in [-0.2, -0.15) is 0 Å². The molecule has 2 heterocycles. The molecule has 4 nitrogen and oxygen atoms in total. The van der Waals surface area contributed by atoms with Crippen LogP contribution in [0.3, 0.4) is 0 Å². The molecule has 0 saturated heterocycles. The Balaban J connectivity index is 2.05. The lowest BCUT2D eigenvalue weighted by Gasteiger charge is -2.23. The molecule has 0 N–H and O–H groups in total. The molecule has 1 aliphatic rings. The maximum absolute atomic E-state index is 12.9. The van der Waals surface area contributed by atoms with Crippen molar-refractivity contribution >= 4 is 23.2 Å². The minimum Gasteiger partial charge on any atom is -0.361 e. The van der Waals surface area contributed by atoms with E-state index in [0.717, 1.165) is 30.5 Å². The van der Waals surface area contributed by atoms with Crippen LogP contribution in [0.2, 0.25) is 5.02 Å². The number of anilines is 1. The van der Waals surface area contributed by atoms with Crippen molar-refractivity contribution in [2.45, 2.75) is 33.1 Å². The molecule has 1 aromatic carbocycles. The number of carbonyl (C=O) groups is 1. The Hall–Kier alpha value is -1.81. The highest BCUT2D eigenvalue weighted by molar-refractivity contribution is 6.30. The summed E-state index contributed by atoms with van der Waals surface area (Å²) in [6, 6.07) is 5.72. The fourth-order valence-corrected chi connectivity index (χ4v) is 3.05. The molecule has 0 fully saturated rings. The molecule has 0 unspecified atom stereocenters. The largest absolute Gasteiger partial charge is 0.361 e. The minimum atomic E-state index is -0.0447. The summed E-state index contributed by atoms with van der Waals surface area (Å²) in [6.07, 6.45) is 2.97. The minimum absolute atomic E-state index is 0.0447. The molecule has 110 valence electrons. The lowest BCUT2D eigenvalue weighted by atomic mass is 10.1. The van der Waals surface area contributed by atoms with E-state index >= 15 is 0 Å². The Labute approximate surface area is 128 Å². The van der Waals surface area contributed by atoms with Crippen molar-refractivity contribution < 1.29 is 9.32 Å². The topological polar surface area (TPSA) is 46.3 Å². The van der Waals surface area contributed by atoms with E-state index in [2.05, 4.69) is 5.16 Å². The van der Waals surface area contributed by atoms with Crippen LogP contribution in [0.1, 0.15) is 40.2 Å². The zero-order valence-electron chi connectivity index (χ0n) is 12.1. The lowest BCUT2D eigenvalue weighted by Crippen LogP contribution is -2.32. The fraction of sp³-hybridized carbons (Fsp3) is 0.375. The number of aryl methyl sites for hydroxylation is 3. The third-order valence-electron chi connectivity index (χ3n) is 3.90. The average molecular weight is 305 g/mol. The third-order valence-corrected chi connectivity index (χ3v) is 4.14.